The normalized spacial score (nSPS) is 14.5. The van der Waals surface area contributed by atoms with Gasteiger partial charge in [-0.1, -0.05) is 34.9 Å². The first-order valence-corrected chi connectivity index (χ1v) is 8.92. The first-order valence-electron chi connectivity index (χ1n) is 7.80. The summed E-state index contributed by atoms with van der Waals surface area (Å²) in [5.41, 5.74) is 5.10. The minimum atomic E-state index is -0.402. The Bertz CT molecular complexity index is 888. The monoisotopic (exact) mass is 324 g/mol. The molecule has 23 heavy (non-hydrogen) atoms. The van der Waals surface area contributed by atoms with Crippen LogP contribution in [-0.2, 0) is 10.7 Å². The Hall–Kier alpha value is -2.12. The zero-order valence-electron chi connectivity index (χ0n) is 12.6. The van der Waals surface area contributed by atoms with Crippen molar-refractivity contribution in [3.05, 3.63) is 65.6 Å². The third-order valence-electron chi connectivity index (χ3n) is 4.37. The summed E-state index contributed by atoms with van der Waals surface area (Å²) in [7, 11) is -0.402. The van der Waals surface area contributed by atoms with Crippen LogP contribution in [0.1, 0.15) is 30.0 Å². The molecular weight excluding hydrogens is 308 g/mol. The maximum absolute atomic E-state index is 13.3. The highest BCUT2D eigenvalue weighted by molar-refractivity contribution is 7.22. The highest BCUT2D eigenvalue weighted by Gasteiger charge is 2.31. The summed E-state index contributed by atoms with van der Waals surface area (Å²) >= 11 is 0. The van der Waals surface area contributed by atoms with Gasteiger partial charge in [-0.05, 0) is 36.6 Å². The number of aromatic nitrogens is 1. The van der Waals surface area contributed by atoms with Gasteiger partial charge in [-0.25, -0.2) is 4.39 Å². The number of hydrogen-bond acceptors (Lipinski definition) is 2. The van der Waals surface area contributed by atoms with Crippen LogP contribution in [0.2, 0.25) is 0 Å². The Morgan fingerprint density at radius 3 is 2.52 bits per heavy atom. The van der Waals surface area contributed by atoms with Crippen molar-refractivity contribution in [2.24, 2.45) is 0 Å². The van der Waals surface area contributed by atoms with Crippen molar-refractivity contribution in [1.82, 2.24) is 4.98 Å². The second-order valence-electron chi connectivity index (χ2n) is 5.97. The van der Waals surface area contributed by atoms with Crippen LogP contribution in [0.5, 0.6) is 0 Å². The number of fused-ring (bicyclic) bond motifs is 1. The summed E-state index contributed by atoms with van der Waals surface area (Å²) < 4.78 is 24.7. The molecule has 0 N–H and O–H groups in total. The van der Waals surface area contributed by atoms with Crippen LogP contribution in [-0.4, -0.2) is 4.98 Å². The predicted octanol–water partition coefficient (Wildman–Crippen LogP) is 5.44. The summed E-state index contributed by atoms with van der Waals surface area (Å²) in [5, 5.41) is 1.04. The molecule has 0 bridgehead atoms. The number of halogens is 1. The van der Waals surface area contributed by atoms with E-state index >= 15 is 0 Å². The molecule has 1 fully saturated rings. The van der Waals surface area contributed by atoms with Crippen LogP contribution in [0.3, 0.4) is 0 Å². The largest absolute Gasteiger partial charge is 0.329 e. The standard InChI is InChI=1S/C19H15FNOP/c20-14-9-7-12(8-10-14)18-15-3-1-2-4-17(15)21-19(13-5-6-13)16(18)11-23-22/h1-4,7-10,13H,5-6,11H2/p+1. The second kappa shape index (κ2) is 5.82. The Morgan fingerprint density at radius 2 is 1.83 bits per heavy atom. The van der Waals surface area contributed by atoms with Gasteiger partial charge >= 0.3 is 8.46 Å². The molecule has 0 amide bonds. The lowest BCUT2D eigenvalue weighted by molar-refractivity contribution is 0.598. The smallest absolute Gasteiger partial charge is 0.252 e. The average Bonchev–Trinajstić information content (AvgIpc) is 3.40. The van der Waals surface area contributed by atoms with Gasteiger partial charge in [-0.2, -0.15) is 0 Å². The van der Waals surface area contributed by atoms with E-state index in [9.17, 15) is 8.96 Å². The fourth-order valence-corrected chi connectivity index (χ4v) is 3.66. The van der Waals surface area contributed by atoms with Gasteiger partial charge in [0, 0.05) is 22.4 Å². The van der Waals surface area contributed by atoms with Crippen LogP contribution in [0.25, 0.3) is 22.0 Å². The summed E-state index contributed by atoms with van der Waals surface area (Å²) in [6.07, 6.45) is 2.78. The van der Waals surface area contributed by atoms with Crippen LogP contribution in [0.15, 0.2) is 48.5 Å². The van der Waals surface area contributed by atoms with Gasteiger partial charge in [0.15, 0.2) is 6.16 Å². The van der Waals surface area contributed by atoms with Gasteiger partial charge in [0.05, 0.1) is 11.2 Å². The number of hydrogen-bond donors (Lipinski definition) is 0. The lowest BCUT2D eigenvalue weighted by atomic mass is 9.93. The summed E-state index contributed by atoms with van der Waals surface area (Å²) in [6.45, 7) is 0. The third-order valence-corrected chi connectivity index (χ3v) is 4.87. The molecule has 0 spiro atoms. The second-order valence-corrected chi connectivity index (χ2v) is 6.61. The lowest BCUT2D eigenvalue weighted by Gasteiger charge is -2.14. The fourth-order valence-electron chi connectivity index (χ4n) is 3.16. The van der Waals surface area contributed by atoms with Gasteiger partial charge in [0.25, 0.3) is 0 Å². The molecule has 2 nitrogen and oxygen atoms in total. The van der Waals surface area contributed by atoms with Gasteiger partial charge in [0.1, 0.15) is 5.82 Å². The van der Waals surface area contributed by atoms with Gasteiger partial charge in [-0.15, -0.1) is 0 Å². The number of rotatable bonds is 4. The molecule has 1 saturated carbocycles. The zero-order chi connectivity index (χ0) is 15.8. The molecule has 0 radical (unpaired) electrons. The molecule has 1 heterocycles. The minimum absolute atomic E-state index is 0.248. The van der Waals surface area contributed by atoms with Crippen molar-refractivity contribution in [2.45, 2.75) is 24.9 Å². The van der Waals surface area contributed by atoms with Gasteiger partial charge in [-0.3, -0.25) is 4.98 Å². The van der Waals surface area contributed by atoms with E-state index in [2.05, 4.69) is 0 Å². The van der Waals surface area contributed by atoms with E-state index in [0.717, 1.165) is 46.1 Å². The third kappa shape index (κ3) is 2.66. The van der Waals surface area contributed by atoms with E-state index in [1.165, 1.54) is 12.1 Å². The van der Waals surface area contributed by atoms with Crippen molar-refractivity contribution >= 4 is 19.4 Å². The molecule has 1 aliphatic rings. The Balaban J connectivity index is 2.06. The number of para-hydroxylation sites is 1. The number of nitrogens with zero attached hydrogens (tertiary/aromatic N) is 1. The molecule has 114 valence electrons. The Kier molecular flexibility index (Phi) is 3.66. The maximum atomic E-state index is 13.3. The highest BCUT2D eigenvalue weighted by Crippen LogP contribution is 2.45. The molecule has 3 aromatic rings. The molecule has 1 aromatic heterocycles. The first-order chi connectivity index (χ1) is 11.3. The average molecular weight is 324 g/mol. The zero-order valence-corrected chi connectivity index (χ0v) is 13.6. The molecule has 1 atom stereocenters. The molecular formula is C19H16FNOP+. The van der Waals surface area contributed by atoms with Crippen molar-refractivity contribution in [3.63, 3.8) is 0 Å². The number of benzene rings is 2. The van der Waals surface area contributed by atoms with Gasteiger partial charge in [0.2, 0.25) is 0 Å². The van der Waals surface area contributed by atoms with E-state index in [4.69, 9.17) is 4.98 Å². The van der Waals surface area contributed by atoms with E-state index in [-0.39, 0.29) is 5.82 Å². The molecule has 1 aliphatic carbocycles. The Labute approximate surface area is 135 Å². The quantitative estimate of drug-likeness (QED) is 0.598. The number of pyridine rings is 1. The fraction of sp³-hybridized carbons (Fsp3) is 0.211. The van der Waals surface area contributed by atoms with Crippen LogP contribution >= 0.6 is 8.46 Å². The van der Waals surface area contributed by atoms with Crippen molar-refractivity contribution in [3.8, 4) is 11.1 Å². The van der Waals surface area contributed by atoms with Crippen LogP contribution in [0, 0.1) is 5.82 Å². The Morgan fingerprint density at radius 1 is 1.09 bits per heavy atom. The summed E-state index contributed by atoms with van der Waals surface area (Å²) in [5.74, 6) is 0.229. The van der Waals surface area contributed by atoms with Gasteiger partial charge < -0.3 is 0 Å². The van der Waals surface area contributed by atoms with Crippen LogP contribution < -0.4 is 0 Å². The molecule has 0 saturated heterocycles. The lowest BCUT2D eigenvalue weighted by Crippen LogP contribution is -2.00. The van der Waals surface area contributed by atoms with E-state index in [1.807, 2.05) is 24.3 Å². The van der Waals surface area contributed by atoms with E-state index in [1.54, 1.807) is 12.1 Å². The molecule has 4 heteroatoms. The molecule has 0 aliphatic heterocycles. The molecule has 2 aromatic carbocycles. The maximum Gasteiger partial charge on any atom is 0.329 e. The van der Waals surface area contributed by atoms with Crippen LogP contribution in [0.4, 0.5) is 4.39 Å². The van der Waals surface area contributed by atoms with Crippen molar-refractivity contribution < 1.29 is 8.96 Å². The van der Waals surface area contributed by atoms with Crippen molar-refractivity contribution in [2.75, 3.05) is 0 Å². The van der Waals surface area contributed by atoms with E-state index < -0.39 is 8.46 Å². The summed E-state index contributed by atoms with van der Waals surface area (Å²) in [4.78, 5) is 4.85. The first kappa shape index (κ1) is 14.5. The topological polar surface area (TPSA) is 30.0 Å². The predicted molar refractivity (Wildman–Crippen MR) is 91.8 cm³/mol. The minimum Gasteiger partial charge on any atom is -0.252 e. The van der Waals surface area contributed by atoms with E-state index in [0.29, 0.717) is 12.1 Å². The highest BCUT2D eigenvalue weighted by atomic mass is 31.1. The summed E-state index contributed by atoms with van der Waals surface area (Å²) in [6, 6.07) is 14.6. The molecule has 1 unspecified atom stereocenters. The van der Waals surface area contributed by atoms with Crippen molar-refractivity contribution in [1.29, 1.82) is 0 Å². The SMILES string of the molecule is O=[PH+]Cc1c(C2CC2)nc2ccccc2c1-c1ccc(F)cc1. The molecule has 4 rings (SSSR count).